The molecule has 0 aliphatic carbocycles. The maximum atomic E-state index is 6.13. The Morgan fingerprint density at radius 2 is 1.92 bits per heavy atom. The highest BCUT2D eigenvalue weighted by Gasteiger charge is 2.29. The van der Waals surface area contributed by atoms with E-state index >= 15 is 0 Å². The van der Waals surface area contributed by atoms with Crippen molar-refractivity contribution < 1.29 is 4.74 Å². The molecule has 0 radical (unpaired) electrons. The average Bonchev–Trinajstić information content (AvgIpc) is 3.02. The smallest absolute Gasteiger partial charge is 0.222 e. The Balaban J connectivity index is 1.93. The quantitative estimate of drug-likeness (QED) is 0.548. The summed E-state index contributed by atoms with van der Waals surface area (Å²) in [6.07, 6.45) is 3.76. The molecule has 4 N–H and O–H groups in total. The summed E-state index contributed by atoms with van der Waals surface area (Å²) in [6, 6.07) is 10.2. The molecule has 0 fully saturated rings. The second kappa shape index (κ2) is 5.29. The molecule has 3 heterocycles. The number of nitrogens with zero attached hydrogens (tertiary/aromatic N) is 3. The molecule has 128 valence electrons. The van der Waals surface area contributed by atoms with Gasteiger partial charge in [0, 0.05) is 34.8 Å². The van der Waals surface area contributed by atoms with Crippen molar-refractivity contribution in [3.05, 3.63) is 48.3 Å². The van der Waals surface area contributed by atoms with Crippen LogP contribution in [0.25, 0.3) is 32.8 Å². The van der Waals surface area contributed by atoms with Gasteiger partial charge in [0.2, 0.25) is 5.95 Å². The van der Waals surface area contributed by atoms with Gasteiger partial charge in [-0.25, -0.2) is 4.98 Å². The maximum Gasteiger partial charge on any atom is 0.222 e. The summed E-state index contributed by atoms with van der Waals surface area (Å²) in [7, 11) is 0. The van der Waals surface area contributed by atoms with Crippen LogP contribution in [0.5, 0.6) is 5.75 Å². The first kappa shape index (κ1) is 14.9. The zero-order valence-corrected chi connectivity index (χ0v) is 14.2. The number of ether oxygens (including phenoxy) is 1. The minimum atomic E-state index is 0.156. The first-order valence-corrected chi connectivity index (χ1v) is 8.49. The lowest BCUT2D eigenvalue weighted by atomic mass is 9.89. The lowest BCUT2D eigenvalue weighted by Gasteiger charge is -2.15. The molecule has 0 spiro atoms. The Kier molecular flexibility index (Phi) is 3.03. The van der Waals surface area contributed by atoms with Gasteiger partial charge in [-0.05, 0) is 17.0 Å². The van der Waals surface area contributed by atoms with Crippen molar-refractivity contribution in [2.45, 2.75) is 12.8 Å². The Hall–Kier alpha value is -3.41. The summed E-state index contributed by atoms with van der Waals surface area (Å²) in [5.74, 6) is 1.50. The van der Waals surface area contributed by atoms with E-state index in [2.05, 4.69) is 34.0 Å². The fraction of sp³-hybridized carbons (Fsp3) is 0.150. The molecule has 26 heavy (non-hydrogen) atoms. The van der Waals surface area contributed by atoms with Crippen molar-refractivity contribution in [3.63, 3.8) is 0 Å². The third-order valence-electron chi connectivity index (χ3n) is 4.95. The number of rotatable bonds is 1. The minimum absolute atomic E-state index is 0.156. The molecule has 0 amide bonds. The highest BCUT2D eigenvalue weighted by Crippen LogP contribution is 2.47. The van der Waals surface area contributed by atoms with Crippen LogP contribution in [0, 0.1) is 0 Å². The van der Waals surface area contributed by atoms with Crippen molar-refractivity contribution in [1.82, 2.24) is 15.0 Å². The molecule has 0 saturated carbocycles. The molecule has 0 bridgehead atoms. The first-order chi connectivity index (χ1) is 12.6. The van der Waals surface area contributed by atoms with Gasteiger partial charge in [-0.15, -0.1) is 0 Å². The molecule has 6 heteroatoms. The molecule has 0 saturated heterocycles. The fourth-order valence-corrected chi connectivity index (χ4v) is 3.81. The molecule has 2 aromatic heterocycles. The molecule has 2 aromatic carbocycles. The van der Waals surface area contributed by atoms with Gasteiger partial charge in [-0.1, -0.05) is 31.2 Å². The average molecular weight is 343 g/mol. The molecule has 4 aromatic rings. The Labute approximate surface area is 149 Å². The summed E-state index contributed by atoms with van der Waals surface area (Å²) in [6.45, 7) is 2.75. The molecule has 1 atom stereocenters. The van der Waals surface area contributed by atoms with Gasteiger partial charge in [0.05, 0.1) is 17.5 Å². The van der Waals surface area contributed by atoms with Crippen LogP contribution < -0.4 is 16.2 Å². The van der Waals surface area contributed by atoms with Crippen LogP contribution in [0.1, 0.15) is 18.4 Å². The van der Waals surface area contributed by atoms with Crippen LogP contribution in [0.3, 0.4) is 0 Å². The molecule has 6 nitrogen and oxygen atoms in total. The van der Waals surface area contributed by atoms with E-state index in [1.807, 2.05) is 30.6 Å². The van der Waals surface area contributed by atoms with Gasteiger partial charge in [-0.2, -0.15) is 4.98 Å². The fourth-order valence-electron chi connectivity index (χ4n) is 3.81. The van der Waals surface area contributed by atoms with E-state index in [4.69, 9.17) is 16.2 Å². The lowest BCUT2D eigenvalue weighted by molar-refractivity contribution is 0.340. The largest absolute Gasteiger partial charge is 0.492 e. The van der Waals surface area contributed by atoms with E-state index in [9.17, 15) is 0 Å². The van der Waals surface area contributed by atoms with Gasteiger partial charge in [0.15, 0.2) is 0 Å². The highest BCUT2D eigenvalue weighted by molar-refractivity contribution is 6.04. The summed E-state index contributed by atoms with van der Waals surface area (Å²) in [5, 5.41) is 2.96. The van der Waals surface area contributed by atoms with E-state index in [0.29, 0.717) is 17.9 Å². The predicted octanol–water partition coefficient (Wildman–Crippen LogP) is 3.51. The van der Waals surface area contributed by atoms with Crippen molar-refractivity contribution >= 4 is 33.4 Å². The van der Waals surface area contributed by atoms with Crippen molar-refractivity contribution in [3.8, 4) is 16.9 Å². The predicted molar refractivity (Wildman–Crippen MR) is 103 cm³/mol. The topological polar surface area (TPSA) is 99.9 Å². The van der Waals surface area contributed by atoms with E-state index in [1.165, 1.54) is 0 Å². The molecule has 5 rings (SSSR count). The monoisotopic (exact) mass is 343 g/mol. The van der Waals surface area contributed by atoms with Gasteiger partial charge < -0.3 is 16.2 Å². The van der Waals surface area contributed by atoms with Crippen LogP contribution in [0.15, 0.2) is 42.7 Å². The minimum Gasteiger partial charge on any atom is -0.492 e. The first-order valence-electron chi connectivity index (χ1n) is 8.49. The second-order valence-electron chi connectivity index (χ2n) is 6.65. The maximum absolute atomic E-state index is 6.13. The summed E-state index contributed by atoms with van der Waals surface area (Å²) in [4.78, 5) is 12.9. The van der Waals surface area contributed by atoms with E-state index in [0.717, 1.165) is 38.6 Å². The molecule has 1 aliphatic rings. The Bertz CT molecular complexity index is 1180. The van der Waals surface area contributed by atoms with Crippen LogP contribution in [-0.2, 0) is 0 Å². The second-order valence-corrected chi connectivity index (χ2v) is 6.65. The van der Waals surface area contributed by atoms with E-state index in [-0.39, 0.29) is 11.9 Å². The number of pyridine rings is 1. The number of aromatic nitrogens is 3. The molecular weight excluding hydrogens is 326 g/mol. The number of hydrogen-bond acceptors (Lipinski definition) is 6. The van der Waals surface area contributed by atoms with Gasteiger partial charge in [-0.3, -0.25) is 4.98 Å². The number of hydrogen-bond donors (Lipinski definition) is 2. The van der Waals surface area contributed by atoms with Crippen molar-refractivity contribution in [1.29, 1.82) is 0 Å². The third-order valence-corrected chi connectivity index (χ3v) is 4.95. The molecule has 1 unspecified atom stereocenters. The van der Waals surface area contributed by atoms with E-state index in [1.54, 1.807) is 0 Å². The molecule has 1 aliphatic heterocycles. The highest BCUT2D eigenvalue weighted by atomic mass is 16.5. The lowest BCUT2D eigenvalue weighted by Crippen LogP contribution is -2.02. The van der Waals surface area contributed by atoms with Crippen LogP contribution >= 0.6 is 0 Å². The zero-order valence-electron chi connectivity index (χ0n) is 14.2. The van der Waals surface area contributed by atoms with Crippen LogP contribution in [-0.4, -0.2) is 21.6 Å². The van der Waals surface area contributed by atoms with Crippen LogP contribution in [0.2, 0.25) is 0 Å². The van der Waals surface area contributed by atoms with Crippen molar-refractivity contribution in [2.24, 2.45) is 0 Å². The number of benzene rings is 2. The van der Waals surface area contributed by atoms with Gasteiger partial charge in [0.1, 0.15) is 11.6 Å². The summed E-state index contributed by atoms with van der Waals surface area (Å²) >= 11 is 0. The standard InChI is InChI=1S/C20H17N5O/c1-10-9-26-18-16(10)13(6-15-17(18)19(21)25-20(22)24-15)14-8-23-7-11-4-2-3-5-12(11)14/h2-8,10H,9H2,1H3,(H4,21,22,24,25). The zero-order chi connectivity index (χ0) is 17.8. The number of fused-ring (bicyclic) bond motifs is 4. The van der Waals surface area contributed by atoms with Gasteiger partial charge in [0.25, 0.3) is 0 Å². The van der Waals surface area contributed by atoms with Crippen molar-refractivity contribution in [2.75, 3.05) is 18.1 Å². The molecular formula is C20H17N5O. The third kappa shape index (κ3) is 2.02. The SMILES string of the molecule is CC1COc2c1c(-c1cncc3ccccc13)cc1nc(N)nc(N)c21. The Morgan fingerprint density at radius 3 is 2.81 bits per heavy atom. The van der Waals surface area contributed by atoms with Crippen LogP contribution in [0.4, 0.5) is 11.8 Å². The summed E-state index contributed by atoms with van der Waals surface area (Å²) < 4.78 is 6.00. The number of nitrogen functional groups attached to an aromatic ring is 2. The number of nitrogens with two attached hydrogens (primary N) is 2. The Morgan fingerprint density at radius 1 is 1.08 bits per heavy atom. The summed E-state index contributed by atoms with van der Waals surface area (Å²) in [5.41, 5.74) is 15.9. The number of anilines is 2. The van der Waals surface area contributed by atoms with E-state index < -0.39 is 0 Å². The normalized spacial score (nSPS) is 16.0. The van der Waals surface area contributed by atoms with Gasteiger partial charge >= 0.3 is 0 Å².